The van der Waals surface area contributed by atoms with Crippen LogP contribution in [0.3, 0.4) is 0 Å². The van der Waals surface area contributed by atoms with Gasteiger partial charge in [-0.1, -0.05) is 45.4 Å². The molecule has 90 valence electrons. The summed E-state index contributed by atoms with van der Waals surface area (Å²) in [5, 5.41) is 0. The van der Waals surface area contributed by atoms with E-state index in [0.717, 1.165) is 13.0 Å². The van der Waals surface area contributed by atoms with E-state index in [9.17, 15) is 0 Å². The summed E-state index contributed by atoms with van der Waals surface area (Å²) >= 11 is 0. The van der Waals surface area contributed by atoms with Crippen LogP contribution in [-0.2, 0) is 6.42 Å². The number of benzene rings is 1. The molecule has 0 heterocycles. The van der Waals surface area contributed by atoms with Crippen LogP contribution in [-0.4, -0.2) is 6.54 Å². The summed E-state index contributed by atoms with van der Waals surface area (Å²) in [6, 6.07) is 6.85. The molecule has 0 amide bonds. The number of aryl methyl sites for hydroxylation is 1. The summed E-state index contributed by atoms with van der Waals surface area (Å²) in [7, 11) is 0. The fourth-order valence-electron chi connectivity index (χ4n) is 1.98. The fraction of sp³-hybridized carbons (Fsp3) is 0.600. The first-order chi connectivity index (χ1) is 7.58. The molecule has 0 fully saturated rings. The lowest BCUT2D eigenvalue weighted by molar-refractivity contribution is 0.517. The van der Waals surface area contributed by atoms with Gasteiger partial charge in [0, 0.05) is 0 Å². The normalized spacial score (nSPS) is 13.1. The van der Waals surface area contributed by atoms with E-state index in [1.165, 1.54) is 23.1 Å². The average molecular weight is 219 g/mol. The smallest absolute Gasteiger partial charge is 0.00458 e. The molecule has 1 unspecified atom stereocenters. The lowest BCUT2D eigenvalue weighted by atomic mass is 9.91. The zero-order valence-corrected chi connectivity index (χ0v) is 11.1. The molecule has 0 saturated heterocycles. The highest BCUT2D eigenvalue weighted by Gasteiger charge is 2.09. The van der Waals surface area contributed by atoms with Gasteiger partial charge in [0.2, 0.25) is 0 Å². The van der Waals surface area contributed by atoms with E-state index in [1.807, 2.05) is 0 Å². The molecule has 0 aliphatic rings. The van der Waals surface area contributed by atoms with E-state index in [-0.39, 0.29) is 0 Å². The maximum Gasteiger partial charge on any atom is -0.00458 e. The fourth-order valence-corrected chi connectivity index (χ4v) is 1.98. The minimum Gasteiger partial charge on any atom is -0.330 e. The van der Waals surface area contributed by atoms with Crippen molar-refractivity contribution in [2.75, 3.05) is 6.54 Å². The molecule has 1 aromatic carbocycles. The molecular weight excluding hydrogens is 194 g/mol. The third-order valence-electron chi connectivity index (χ3n) is 3.46. The van der Waals surface area contributed by atoms with Crippen molar-refractivity contribution < 1.29 is 0 Å². The third kappa shape index (κ3) is 3.34. The number of nitrogens with two attached hydrogens (primary N) is 1. The molecule has 0 aromatic heterocycles. The molecule has 16 heavy (non-hydrogen) atoms. The van der Waals surface area contributed by atoms with E-state index >= 15 is 0 Å². The highest BCUT2D eigenvalue weighted by Crippen LogP contribution is 2.21. The average Bonchev–Trinajstić information content (AvgIpc) is 2.27. The van der Waals surface area contributed by atoms with Crippen molar-refractivity contribution >= 4 is 0 Å². The third-order valence-corrected chi connectivity index (χ3v) is 3.46. The van der Waals surface area contributed by atoms with E-state index in [2.05, 4.69) is 45.9 Å². The van der Waals surface area contributed by atoms with E-state index in [0.29, 0.717) is 11.8 Å². The predicted octanol–water partition coefficient (Wildman–Crippen LogP) is 3.65. The lowest BCUT2D eigenvalue weighted by Gasteiger charge is -2.16. The minimum atomic E-state index is 0.609. The Morgan fingerprint density at radius 2 is 1.94 bits per heavy atom. The Morgan fingerprint density at radius 3 is 2.44 bits per heavy atom. The Balaban J connectivity index is 2.89. The molecule has 0 aliphatic carbocycles. The Labute approximate surface area is 100 Å². The van der Waals surface area contributed by atoms with Gasteiger partial charge in [-0.15, -0.1) is 0 Å². The number of rotatable bonds is 5. The molecule has 2 N–H and O–H groups in total. The summed E-state index contributed by atoms with van der Waals surface area (Å²) in [5.74, 6) is 1.23. The lowest BCUT2D eigenvalue weighted by Crippen LogP contribution is -2.16. The SMILES string of the molecule is CCC(CN)Cc1cc(C(C)C)ccc1C. The monoisotopic (exact) mass is 219 g/mol. The quantitative estimate of drug-likeness (QED) is 0.804. The van der Waals surface area contributed by atoms with Gasteiger partial charge in [-0.25, -0.2) is 0 Å². The summed E-state index contributed by atoms with van der Waals surface area (Å²) in [4.78, 5) is 0. The highest BCUT2D eigenvalue weighted by atomic mass is 14.5. The van der Waals surface area contributed by atoms with E-state index in [1.54, 1.807) is 0 Å². The first kappa shape index (κ1) is 13.2. The van der Waals surface area contributed by atoms with Crippen molar-refractivity contribution in [2.45, 2.75) is 46.5 Å². The van der Waals surface area contributed by atoms with Gasteiger partial charge in [0.05, 0.1) is 0 Å². The van der Waals surface area contributed by atoms with Crippen LogP contribution in [0.15, 0.2) is 18.2 Å². The maximum atomic E-state index is 5.78. The molecule has 1 nitrogen and oxygen atoms in total. The van der Waals surface area contributed by atoms with Gasteiger partial charge in [0.1, 0.15) is 0 Å². The van der Waals surface area contributed by atoms with Crippen LogP contribution in [0.25, 0.3) is 0 Å². The van der Waals surface area contributed by atoms with Crippen LogP contribution in [0.2, 0.25) is 0 Å². The van der Waals surface area contributed by atoms with Crippen LogP contribution < -0.4 is 5.73 Å². The van der Waals surface area contributed by atoms with Gasteiger partial charge in [-0.3, -0.25) is 0 Å². The van der Waals surface area contributed by atoms with Crippen LogP contribution in [0, 0.1) is 12.8 Å². The molecule has 0 radical (unpaired) electrons. The summed E-state index contributed by atoms with van der Waals surface area (Å²) in [6.07, 6.45) is 2.29. The Bertz CT molecular complexity index is 324. The van der Waals surface area contributed by atoms with Gasteiger partial charge in [0.25, 0.3) is 0 Å². The van der Waals surface area contributed by atoms with Crippen LogP contribution in [0.1, 0.15) is 49.8 Å². The Kier molecular flexibility index (Phi) is 5.01. The van der Waals surface area contributed by atoms with Gasteiger partial charge in [-0.2, -0.15) is 0 Å². The molecule has 0 saturated carbocycles. The standard InChI is InChI=1S/C15H25N/c1-5-13(10-16)8-15-9-14(11(2)3)7-6-12(15)4/h6-7,9,11,13H,5,8,10,16H2,1-4H3. The zero-order valence-electron chi connectivity index (χ0n) is 11.1. The van der Waals surface area contributed by atoms with Gasteiger partial charge in [0.15, 0.2) is 0 Å². The number of hydrogen-bond donors (Lipinski definition) is 1. The largest absolute Gasteiger partial charge is 0.330 e. The molecule has 1 aromatic rings. The van der Waals surface area contributed by atoms with Gasteiger partial charge in [-0.05, 0) is 48.4 Å². The van der Waals surface area contributed by atoms with Crippen molar-refractivity contribution in [1.82, 2.24) is 0 Å². The topological polar surface area (TPSA) is 26.0 Å². The molecular formula is C15H25N. The van der Waals surface area contributed by atoms with Crippen LogP contribution in [0.5, 0.6) is 0 Å². The molecule has 0 bridgehead atoms. The molecule has 1 rings (SSSR count). The summed E-state index contributed by atoms with van der Waals surface area (Å²) in [6.45, 7) is 9.70. The minimum absolute atomic E-state index is 0.609. The van der Waals surface area contributed by atoms with Gasteiger partial charge >= 0.3 is 0 Å². The second-order valence-electron chi connectivity index (χ2n) is 5.05. The molecule has 1 heteroatoms. The van der Waals surface area contributed by atoms with Crippen molar-refractivity contribution in [2.24, 2.45) is 11.7 Å². The van der Waals surface area contributed by atoms with Crippen molar-refractivity contribution in [3.05, 3.63) is 34.9 Å². The second kappa shape index (κ2) is 6.05. The second-order valence-corrected chi connectivity index (χ2v) is 5.05. The first-order valence-corrected chi connectivity index (χ1v) is 6.38. The van der Waals surface area contributed by atoms with Crippen molar-refractivity contribution in [1.29, 1.82) is 0 Å². The molecule has 0 aliphatic heterocycles. The highest BCUT2D eigenvalue weighted by molar-refractivity contribution is 5.33. The van der Waals surface area contributed by atoms with Gasteiger partial charge < -0.3 is 5.73 Å². The van der Waals surface area contributed by atoms with Crippen LogP contribution in [0.4, 0.5) is 0 Å². The Hall–Kier alpha value is -0.820. The van der Waals surface area contributed by atoms with E-state index < -0.39 is 0 Å². The molecule has 0 spiro atoms. The summed E-state index contributed by atoms with van der Waals surface area (Å²) in [5.41, 5.74) is 10.1. The first-order valence-electron chi connectivity index (χ1n) is 6.38. The molecule has 1 atom stereocenters. The van der Waals surface area contributed by atoms with Crippen molar-refractivity contribution in [3.8, 4) is 0 Å². The van der Waals surface area contributed by atoms with E-state index in [4.69, 9.17) is 5.73 Å². The number of hydrogen-bond acceptors (Lipinski definition) is 1. The van der Waals surface area contributed by atoms with Crippen molar-refractivity contribution in [3.63, 3.8) is 0 Å². The summed E-state index contributed by atoms with van der Waals surface area (Å²) < 4.78 is 0. The van der Waals surface area contributed by atoms with Crippen LogP contribution >= 0.6 is 0 Å². The zero-order chi connectivity index (χ0) is 12.1. The predicted molar refractivity (Wildman–Crippen MR) is 71.8 cm³/mol. The maximum absolute atomic E-state index is 5.78. The Morgan fingerprint density at radius 1 is 1.25 bits per heavy atom.